The van der Waals surface area contributed by atoms with Gasteiger partial charge in [-0.25, -0.2) is 4.39 Å². The van der Waals surface area contributed by atoms with Crippen molar-refractivity contribution < 1.29 is 9.13 Å². The molecule has 1 N–H and O–H groups in total. The zero-order valence-electron chi connectivity index (χ0n) is 15.1. The highest BCUT2D eigenvalue weighted by Gasteiger charge is 2.19. The molecule has 2 aromatic carbocycles. The molecule has 134 valence electrons. The predicted molar refractivity (Wildman–Crippen MR) is 101 cm³/mol. The van der Waals surface area contributed by atoms with Crippen molar-refractivity contribution in [3.8, 4) is 16.9 Å². The molecule has 2 nitrogen and oxygen atoms in total. The molecule has 0 bridgehead atoms. The Bertz CT molecular complexity index is 668. The minimum atomic E-state index is -0.206. The van der Waals surface area contributed by atoms with E-state index in [-0.39, 0.29) is 5.82 Å². The van der Waals surface area contributed by atoms with E-state index in [2.05, 4.69) is 30.4 Å². The highest BCUT2D eigenvalue weighted by atomic mass is 19.1. The van der Waals surface area contributed by atoms with Gasteiger partial charge >= 0.3 is 0 Å². The van der Waals surface area contributed by atoms with Gasteiger partial charge in [0, 0.05) is 11.6 Å². The van der Waals surface area contributed by atoms with Crippen LogP contribution in [0.2, 0.25) is 0 Å². The van der Waals surface area contributed by atoms with Crippen LogP contribution in [0.3, 0.4) is 0 Å². The number of fused-ring (bicyclic) bond motifs is 1. The number of hydrogen-bond donors (Lipinski definition) is 1. The van der Waals surface area contributed by atoms with E-state index in [1.54, 1.807) is 0 Å². The Morgan fingerprint density at radius 3 is 2.64 bits per heavy atom. The second-order valence-electron chi connectivity index (χ2n) is 6.82. The zero-order valence-corrected chi connectivity index (χ0v) is 15.1. The summed E-state index contributed by atoms with van der Waals surface area (Å²) in [6, 6.07) is 13.4. The lowest BCUT2D eigenvalue weighted by atomic mass is 9.97. The third-order valence-corrected chi connectivity index (χ3v) is 4.88. The van der Waals surface area contributed by atoms with E-state index >= 15 is 0 Å². The first kappa shape index (κ1) is 17.9. The first-order valence-corrected chi connectivity index (χ1v) is 9.54. The standard InChI is InChI=1S/C22H28FNO/c1-2-3-4-5-14-24-21-7-6-15-25-22-16-18(10-13-20(21)22)17-8-11-19(23)12-9-17/h8-13,16,21,24H,2-7,14-15H2,1H3. The SMILES string of the molecule is CCCCCCNC1CCCOc2cc(-c3ccc(F)cc3)ccc21. The Labute approximate surface area is 150 Å². The summed E-state index contributed by atoms with van der Waals surface area (Å²) in [5, 5.41) is 3.71. The maximum Gasteiger partial charge on any atom is 0.124 e. The smallest absolute Gasteiger partial charge is 0.124 e. The topological polar surface area (TPSA) is 21.3 Å². The molecule has 0 aliphatic carbocycles. The summed E-state index contributed by atoms with van der Waals surface area (Å²) in [5.41, 5.74) is 3.34. The van der Waals surface area contributed by atoms with Crippen molar-refractivity contribution in [2.75, 3.05) is 13.2 Å². The molecule has 0 saturated heterocycles. The van der Waals surface area contributed by atoms with Gasteiger partial charge < -0.3 is 10.1 Å². The van der Waals surface area contributed by atoms with E-state index < -0.39 is 0 Å². The second-order valence-corrected chi connectivity index (χ2v) is 6.82. The molecule has 1 unspecified atom stereocenters. The van der Waals surface area contributed by atoms with Crippen LogP contribution in [-0.2, 0) is 0 Å². The van der Waals surface area contributed by atoms with E-state index in [0.29, 0.717) is 6.04 Å². The third kappa shape index (κ3) is 4.82. The number of hydrogen-bond acceptors (Lipinski definition) is 2. The highest BCUT2D eigenvalue weighted by Crippen LogP contribution is 2.35. The summed E-state index contributed by atoms with van der Waals surface area (Å²) in [4.78, 5) is 0. The lowest BCUT2D eigenvalue weighted by molar-refractivity contribution is 0.315. The molecule has 2 aromatic rings. The van der Waals surface area contributed by atoms with E-state index in [0.717, 1.165) is 42.9 Å². The van der Waals surface area contributed by atoms with Gasteiger partial charge in [0.05, 0.1) is 6.61 Å². The first-order valence-electron chi connectivity index (χ1n) is 9.54. The van der Waals surface area contributed by atoms with E-state index in [1.807, 2.05) is 12.1 Å². The van der Waals surface area contributed by atoms with Gasteiger partial charge in [-0.15, -0.1) is 0 Å². The highest BCUT2D eigenvalue weighted by molar-refractivity contribution is 5.66. The van der Waals surface area contributed by atoms with Gasteiger partial charge in [0.25, 0.3) is 0 Å². The van der Waals surface area contributed by atoms with Crippen LogP contribution >= 0.6 is 0 Å². The van der Waals surface area contributed by atoms with Gasteiger partial charge in [0.15, 0.2) is 0 Å². The van der Waals surface area contributed by atoms with Gasteiger partial charge in [-0.3, -0.25) is 0 Å². The summed E-state index contributed by atoms with van der Waals surface area (Å²) >= 11 is 0. The molecule has 0 saturated carbocycles. The molecule has 0 spiro atoms. The summed E-state index contributed by atoms with van der Waals surface area (Å²) in [5.74, 6) is 0.757. The summed E-state index contributed by atoms with van der Waals surface area (Å²) < 4.78 is 19.1. The van der Waals surface area contributed by atoms with Crippen LogP contribution in [0.25, 0.3) is 11.1 Å². The molecule has 1 aliphatic heterocycles. The Morgan fingerprint density at radius 2 is 1.84 bits per heavy atom. The van der Waals surface area contributed by atoms with Crippen LogP contribution in [0, 0.1) is 5.82 Å². The number of halogens is 1. The molecular formula is C22H28FNO. The molecule has 1 atom stereocenters. The fourth-order valence-corrected chi connectivity index (χ4v) is 3.43. The molecule has 0 amide bonds. The molecule has 0 aromatic heterocycles. The average molecular weight is 341 g/mol. The lowest BCUT2D eigenvalue weighted by Crippen LogP contribution is -2.22. The zero-order chi connectivity index (χ0) is 17.5. The molecule has 25 heavy (non-hydrogen) atoms. The molecule has 1 aliphatic rings. The fraction of sp³-hybridized carbons (Fsp3) is 0.455. The minimum Gasteiger partial charge on any atom is -0.493 e. The van der Waals surface area contributed by atoms with Gasteiger partial charge in [-0.1, -0.05) is 50.5 Å². The van der Waals surface area contributed by atoms with Crippen molar-refractivity contribution >= 4 is 0 Å². The maximum absolute atomic E-state index is 13.1. The van der Waals surface area contributed by atoms with Crippen molar-refractivity contribution in [3.63, 3.8) is 0 Å². The number of ether oxygens (including phenoxy) is 1. The quantitative estimate of drug-likeness (QED) is 0.635. The molecule has 0 fully saturated rings. The van der Waals surface area contributed by atoms with Gasteiger partial charge in [-0.2, -0.15) is 0 Å². The Morgan fingerprint density at radius 1 is 1.04 bits per heavy atom. The van der Waals surface area contributed by atoms with Crippen LogP contribution in [0.4, 0.5) is 4.39 Å². The van der Waals surface area contributed by atoms with Crippen LogP contribution < -0.4 is 10.1 Å². The molecular weight excluding hydrogens is 313 g/mol. The van der Waals surface area contributed by atoms with E-state index in [4.69, 9.17) is 4.74 Å². The Balaban J connectivity index is 1.73. The number of nitrogens with one attached hydrogen (secondary N) is 1. The van der Waals surface area contributed by atoms with Crippen molar-refractivity contribution in [2.45, 2.75) is 51.5 Å². The summed E-state index contributed by atoms with van der Waals surface area (Å²) in [7, 11) is 0. The van der Waals surface area contributed by atoms with Crippen LogP contribution in [0.15, 0.2) is 42.5 Å². The van der Waals surface area contributed by atoms with Crippen molar-refractivity contribution in [1.29, 1.82) is 0 Å². The Hall–Kier alpha value is -1.87. The average Bonchev–Trinajstić information content (AvgIpc) is 2.84. The largest absolute Gasteiger partial charge is 0.493 e. The van der Waals surface area contributed by atoms with E-state index in [1.165, 1.54) is 43.4 Å². The van der Waals surface area contributed by atoms with Crippen molar-refractivity contribution in [3.05, 3.63) is 53.8 Å². The van der Waals surface area contributed by atoms with Gasteiger partial charge in [-0.05, 0) is 55.1 Å². The number of benzene rings is 2. The lowest BCUT2D eigenvalue weighted by Gasteiger charge is -2.19. The number of unbranched alkanes of at least 4 members (excludes halogenated alkanes) is 3. The first-order chi connectivity index (χ1) is 12.3. The maximum atomic E-state index is 13.1. The van der Waals surface area contributed by atoms with Crippen LogP contribution in [0.5, 0.6) is 5.75 Å². The monoisotopic (exact) mass is 341 g/mol. The van der Waals surface area contributed by atoms with Crippen molar-refractivity contribution in [2.24, 2.45) is 0 Å². The molecule has 3 rings (SSSR count). The normalized spacial score (nSPS) is 16.8. The van der Waals surface area contributed by atoms with E-state index in [9.17, 15) is 4.39 Å². The van der Waals surface area contributed by atoms with Crippen molar-refractivity contribution in [1.82, 2.24) is 5.32 Å². The molecule has 0 radical (unpaired) electrons. The fourth-order valence-electron chi connectivity index (χ4n) is 3.43. The molecule has 1 heterocycles. The summed E-state index contributed by atoms with van der Waals surface area (Å²) in [6.45, 7) is 4.06. The van der Waals surface area contributed by atoms with Crippen LogP contribution in [0.1, 0.15) is 57.1 Å². The predicted octanol–water partition coefficient (Wildman–Crippen LogP) is 5.88. The molecule has 3 heteroatoms. The van der Waals surface area contributed by atoms with Gasteiger partial charge in [0.2, 0.25) is 0 Å². The van der Waals surface area contributed by atoms with Crippen LogP contribution in [-0.4, -0.2) is 13.2 Å². The third-order valence-electron chi connectivity index (χ3n) is 4.88. The summed E-state index contributed by atoms with van der Waals surface area (Å²) in [6.07, 6.45) is 7.28. The minimum absolute atomic E-state index is 0.206. The van der Waals surface area contributed by atoms with Gasteiger partial charge in [0.1, 0.15) is 11.6 Å². The number of rotatable bonds is 7. The second kappa shape index (κ2) is 9.00. The Kier molecular flexibility index (Phi) is 6.46.